The molecule has 6 nitrogen and oxygen atoms in total. The first-order valence-corrected chi connectivity index (χ1v) is 3.33. The van der Waals surface area contributed by atoms with Gasteiger partial charge in [0.05, 0.1) is 6.61 Å². The van der Waals surface area contributed by atoms with Crippen LogP contribution in [0.5, 0.6) is 0 Å². The summed E-state index contributed by atoms with van der Waals surface area (Å²) in [5.74, 6) is 0. The van der Waals surface area contributed by atoms with Crippen LogP contribution in [-0.2, 0) is 24.3 Å². The standard InChI is InChI=1S/C6H12O6.2ClH.Zn/c7-1-3(9)5(11)6(12)4(10)2-8;;;/h1,3-6,8-12H,2H2;2*1H;/q;;;+2/p-2/t3-,4+,5+,6+;;;/m0.../s1. The number of aliphatic hydroxyl groups excluding tert-OH is 5. The normalized spacial score (nSPS) is 16.9. The molecule has 0 saturated carbocycles. The van der Waals surface area contributed by atoms with Crippen molar-refractivity contribution in [2.24, 2.45) is 0 Å². The number of rotatable bonds is 5. The molecule has 88 valence electrons. The van der Waals surface area contributed by atoms with E-state index in [1.54, 1.807) is 0 Å². The van der Waals surface area contributed by atoms with Crippen molar-refractivity contribution in [1.29, 1.82) is 0 Å². The molecule has 4 atom stereocenters. The number of aliphatic hydroxyl groups is 5. The van der Waals surface area contributed by atoms with E-state index in [4.69, 9.17) is 25.5 Å². The Morgan fingerprint density at radius 1 is 1.00 bits per heavy atom. The molecular formula is C6H12Cl2O6Zn. The van der Waals surface area contributed by atoms with Crippen LogP contribution in [0.25, 0.3) is 0 Å². The van der Waals surface area contributed by atoms with Gasteiger partial charge in [0, 0.05) is 0 Å². The fourth-order valence-electron chi connectivity index (χ4n) is 0.618. The predicted octanol–water partition coefficient (Wildman–Crippen LogP) is -9.37. The summed E-state index contributed by atoms with van der Waals surface area (Å²) in [5, 5.41) is 43.5. The fourth-order valence-corrected chi connectivity index (χ4v) is 0.618. The predicted molar refractivity (Wildman–Crippen MR) is 37.2 cm³/mol. The number of halogens is 2. The molecule has 0 fully saturated rings. The molecule has 0 radical (unpaired) electrons. The van der Waals surface area contributed by atoms with Crippen molar-refractivity contribution in [3.63, 3.8) is 0 Å². The molecule has 0 heterocycles. The molecular weight excluding hydrogens is 304 g/mol. The molecule has 0 unspecified atom stereocenters. The van der Waals surface area contributed by atoms with Gasteiger partial charge in [-0.25, -0.2) is 0 Å². The van der Waals surface area contributed by atoms with Gasteiger partial charge in [-0.3, -0.25) is 0 Å². The largest absolute Gasteiger partial charge is 2.00 e. The average Bonchev–Trinajstić information content (AvgIpc) is 2.12. The Balaban J connectivity index is -0.000000202. The zero-order valence-corrected chi connectivity index (χ0v) is 12.2. The molecule has 5 N–H and O–H groups in total. The van der Waals surface area contributed by atoms with Gasteiger partial charge < -0.3 is 55.1 Å². The third kappa shape index (κ3) is 8.48. The Hall–Kier alpha value is 0.673. The summed E-state index contributed by atoms with van der Waals surface area (Å²) in [6, 6.07) is 0. The quantitative estimate of drug-likeness (QED) is 0.254. The molecule has 0 saturated heterocycles. The van der Waals surface area contributed by atoms with Crippen LogP contribution in [0.4, 0.5) is 0 Å². The maximum absolute atomic E-state index is 9.90. The minimum absolute atomic E-state index is 0. The second kappa shape index (κ2) is 12.7. The zero-order valence-electron chi connectivity index (χ0n) is 7.70. The second-order valence-corrected chi connectivity index (χ2v) is 2.36. The van der Waals surface area contributed by atoms with E-state index >= 15 is 0 Å². The van der Waals surface area contributed by atoms with E-state index in [0.717, 1.165) is 0 Å². The van der Waals surface area contributed by atoms with Gasteiger partial charge in [0.25, 0.3) is 0 Å². The number of carbonyl (C=O) groups is 1. The summed E-state index contributed by atoms with van der Waals surface area (Å²) in [4.78, 5) is 9.90. The number of aldehydes is 1. The molecule has 0 bridgehead atoms. The maximum Gasteiger partial charge on any atom is 2.00 e. The third-order valence-corrected chi connectivity index (χ3v) is 1.42. The smallest absolute Gasteiger partial charge is 1.00 e. The minimum Gasteiger partial charge on any atom is -1.00 e. The molecule has 0 aromatic carbocycles. The zero-order chi connectivity index (χ0) is 9.72. The van der Waals surface area contributed by atoms with Gasteiger partial charge in [-0.15, -0.1) is 0 Å². The van der Waals surface area contributed by atoms with E-state index in [0.29, 0.717) is 0 Å². The molecule has 0 aromatic rings. The summed E-state index contributed by atoms with van der Waals surface area (Å²) < 4.78 is 0. The van der Waals surface area contributed by atoms with Crippen LogP contribution in [0.15, 0.2) is 0 Å². The van der Waals surface area contributed by atoms with E-state index < -0.39 is 31.0 Å². The minimum atomic E-state index is -1.79. The monoisotopic (exact) mass is 314 g/mol. The molecule has 0 aliphatic rings. The molecule has 0 aliphatic heterocycles. The van der Waals surface area contributed by atoms with Gasteiger partial charge in [0.2, 0.25) is 0 Å². The van der Waals surface area contributed by atoms with E-state index in [9.17, 15) is 4.79 Å². The summed E-state index contributed by atoms with van der Waals surface area (Å²) in [7, 11) is 0. The molecule has 0 spiro atoms. The number of hydrogen-bond donors (Lipinski definition) is 5. The molecule has 0 aromatic heterocycles. The van der Waals surface area contributed by atoms with Crippen molar-refractivity contribution in [3.8, 4) is 0 Å². The Labute approximate surface area is 112 Å². The van der Waals surface area contributed by atoms with Gasteiger partial charge in [0.1, 0.15) is 24.4 Å². The summed E-state index contributed by atoms with van der Waals surface area (Å²) in [5.41, 5.74) is 0. The van der Waals surface area contributed by atoms with Gasteiger partial charge in [-0.05, 0) is 0 Å². The van der Waals surface area contributed by atoms with Gasteiger partial charge >= 0.3 is 19.5 Å². The van der Waals surface area contributed by atoms with Gasteiger partial charge in [-0.2, -0.15) is 0 Å². The molecule has 0 rings (SSSR count). The Morgan fingerprint density at radius 2 is 1.40 bits per heavy atom. The average molecular weight is 316 g/mol. The van der Waals surface area contributed by atoms with Crippen LogP contribution in [0.2, 0.25) is 0 Å². The topological polar surface area (TPSA) is 118 Å². The van der Waals surface area contributed by atoms with E-state index in [1.165, 1.54) is 0 Å². The first kappa shape index (κ1) is 24.8. The summed E-state index contributed by atoms with van der Waals surface area (Å²) >= 11 is 0. The molecule has 9 heteroatoms. The van der Waals surface area contributed by atoms with Gasteiger partial charge in [-0.1, -0.05) is 0 Å². The van der Waals surface area contributed by atoms with Crippen LogP contribution in [0.3, 0.4) is 0 Å². The summed E-state index contributed by atoms with van der Waals surface area (Å²) in [6.45, 7) is -0.760. The van der Waals surface area contributed by atoms with Crippen LogP contribution in [0, 0.1) is 0 Å². The van der Waals surface area contributed by atoms with Crippen molar-refractivity contribution < 1.29 is 74.6 Å². The summed E-state index contributed by atoms with van der Waals surface area (Å²) in [6.07, 6.45) is -6.84. The van der Waals surface area contributed by atoms with E-state index in [-0.39, 0.29) is 50.6 Å². The number of hydrogen-bond acceptors (Lipinski definition) is 6. The van der Waals surface area contributed by atoms with Crippen LogP contribution >= 0.6 is 0 Å². The first-order chi connectivity index (χ1) is 5.54. The van der Waals surface area contributed by atoms with Crippen molar-refractivity contribution in [1.82, 2.24) is 0 Å². The van der Waals surface area contributed by atoms with Crippen molar-refractivity contribution in [3.05, 3.63) is 0 Å². The first-order valence-electron chi connectivity index (χ1n) is 3.33. The Bertz CT molecular complexity index is 152. The van der Waals surface area contributed by atoms with Gasteiger partial charge in [0.15, 0.2) is 6.29 Å². The second-order valence-electron chi connectivity index (χ2n) is 2.36. The maximum atomic E-state index is 9.90. The Kier molecular flexibility index (Phi) is 21.0. The number of carbonyl (C=O) groups excluding carboxylic acids is 1. The molecule has 0 amide bonds. The Morgan fingerprint density at radius 3 is 1.67 bits per heavy atom. The van der Waals surface area contributed by atoms with E-state index in [2.05, 4.69) is 0 Å². The van der Waals surface area contributed by atoms with Crippen LogP contribution < -0.4 is 24.8 Å². The van der Waals surface area contributed by atoms with Crippen molar-refractivity contribution in [2.45, 2.75) is 24.4 Å². The van der Waals surface area contributed by atoms with E-state index in [1.807, 2.05) is 0 Å². The SMILES string of the molecule is O=C[C@H](O)[C@@H](O)[C@H](O)[C@H](O)CO.[Cl-].[Cl-].[Zn+2]. The van der Waals surface area contributed by atoms with Crippen molar-refractivity contribution >= 4 is 6.29 Å². The van der Waals surface area contributed by atoms with Crippen LogP contribution in [0.1, 0.15) is 0 Å². The molecule has 15 heavy (non-hydrogen) atoms. The van der Waals surface area contributed by atoms with Crippen LogP contribution in [-0.4, -0.2) is 62.8 Å². The fraction of sp³-hybridized carbons (Fsp3) is 0.833. The third-order valence-electron chi connectivity index (χ3n) is 1.42. The van der Waals surface area contributed by atoms with Crippen molar-refractivity contribution in [2.75, 3.05) is 6.61 Å². The molecule has 0 aliphatic carbocycles.